The van der Waals surface area contributed by atoms with Crippen LogP contribution in [0.15, 0.2) is 59.0 Å². The molecule has 1 aliphatic rings. The fourth-order valence-corrected chi connectivity index (χ4v) is 4.54. The Labute approximate surface area is 175 Å². The van der Waals surface area contributed by atoms with E-state index in [0.29, 0.717) is 12.6 Å². The summed E-state index contributed by atoms with van der Waals surface area (Å²) in [5.41, 5.74) is 2.22. The van der Waals surface area contributed by atoms with Crippen molar-refractivity contribution in [2.45, 2.75) is 12.6 Å². The molecule has 1 aliphatic heterocycles. The van der Waals surface area contributed by atoms with Gasteiger partial charge >= 0.3 is 0 Å². The predicted molar refractivity (Wildman–Crippen MR) is 119 cm³/mol. The van der Waals surface area contributed by atoms with Gasteiger partial charge in [-0.1, -0.05) is 24.3 Å². The topological polar surface area (TPSA) is 61.8 Å². The number of thiophene rings is 1. The third kappa shape index (κ3) is 4.93. The number of nitrogens with one attached hydrogen (secondary N) is 2. The van der Waals surface area contributed by atoms with E-state index in [1.54, 1.807) is 11.3 Å². The standard InChI is InChI=1S/C22H27N5OS/c1-23-22(25-15-17-8-9-24-19-6-3-2-5-18(17)19)26-16-20(21-7-4-14-29-21)27-10-12-28-13-11-27/h2-9,14,20H,10-13,15-16H2,1H3,(H2,23,25,26). The summed E-state index contributed by atoms with van der Waals surface area (Å²) in [6.45, 7) is 5.01. The number of benzene rings is 1. The van der Waals surface area contributed by atoms with Gasteiger partial charge in [0, 0.05) is 49.7 Å². The van der Waals surface area contributed by atoms with E-state index in [9.17, 15) is 0 Å². The molecule has 0 spiro atoms. The number of fused-ring (bicyclic) bond motifs is 1. The quantitative estimate of drug-likeness (QED) is 0.484. The Balaban J connectivity index is 1.40. The van der Waals surface area contributed by atoms with E-state index in [-0.39, 0.29) is 0 Å². The Bertz CT molecular complexity index is 932. The van der Waals surface area contributed by atoms with Crippen LogP contribution in [0.3, 0.4) is 0 Å². The molecule has 1 aromatic carbocycles. The van der Waals surface area contributed by atoms with E-state index in [1.807, 2.05) is 25.4 Å². The van der Waals surface area contributed by atoms with Gasteiger partial charge in [0.25, 0.3) is 0 Å². The Kier molecular flexibility index (Phi) is 6.71. The maximum Gasteiger partial charge on any atom is 0.191 e. The molecular weight excluding hydrogens is 382 g/mol. The van der Waals surface area contributed by atoms with E-state index in [1.165, 1.54) is 15.8 Å². The van der Waals surface area contributed by atoms with Gasteiger partial charge in [0.2, 0.25) is 0 Å². The minimum atomic E-state index is 0.319. The van der Waals surface area contributed by atoms with E-state index in [2.05, 4.69) is 61.2 Å². The Morgan fingerprint density at radius 1 is 1.17 bits per heavy atom. The van der Waals surface area contributed by atoms with Crippen LogP contribution in [0.2, 0.25) is 0 Å². The first-order valence-electron chi connectivity index (χ1n) is 9.97. The lowest BCUT2D eigenvalue weighted by Gasteiger charge is -2.34. The van der Waals surface area contributed by atoms with E-state index in [4.69, 9.17) is 4.74 Å². The first-order valence-corrected chi connectivity index (χ1v) is 10.9. The highest BCUT2D eigenvalue weighted by Gasteiger charge is 2.23. The summed E-state index contributed by atoms with van der Waals surface area (Å²) >= 11 is 1.81. The van der Waals surface area contributed by atoms with Crippen molar-refractivity contribution in [2.24, 2.45) is 4.99 Å². The number of rotatable bonds is 6. The van der Waals surface area contributed by atoms with Crippen molar-refractivity contribution < 1.29 is 4.74 Å². The second-order valence-electron chi connectivity index (χ2n) is 6.97. The van der Waals surface area contributed by atoms with Crippen molar-refractivity contribution in [2.75, 3.05) is 39.9 Å². The lowest BCUT2D eigenvalue weighted by Crippen LogP contribution is -2.46. The number of para-hydroxylation sites is 1. The van der Waals surface area contributed by atoms with E-state index >= 15 is 0 Å². The molecule has 29 heavy (non-hydrogen) atoms. The fourth-order valence-electron chi connectivity index (χ4n) is 3.68. The lowest BCUT2D eigenvalue weighted by atomic mass is 10.1. The molecule has 2 N–H and O–H groups in total. The molecule has 1 saturated heterocycles. The van der Waals surface area contributed by atoms with E-state index < -0.39 is 0 Å². The van der Waals surface area contributed by atoms with Crippen molar-refractivity contribution in [3.63, 3.8) is 0 Å². The van der Waals surface area contributed by atoms with Gasteiger partial charge in [-0.3, -0.25) is 14.9 Å². The summed E-state index contributed by atoms with van der Waals surface area (Å²) in [5.74, 6) is 0.806. The van der Waals surface area contributed by atoms with Crippen LogP contribution in [-0.2, 0) is 11.3 Å². The Morgan fingerprint density at radius 3 is 2.83 bits per heavy atom. The minimum absolute atomic E-state index is 0.319. The number of guanidine groups is 1. The van der Waals surface area contributed by atoms with Crippen LogP contribution in [0.4, 0.5) is 0 Å². The summed E-state index contributed by atoms with van der Waals surface area (Å²) in [5, 5.41) is 10.3. The number of morpholine rings is 1. The van der Waals surface area contributed by atoms with Crippen LogP contribution in [0.1, 0.15) is 16.5 Å². The highest BCUT2D eigenvalue weighted by atomic mass is 32.1. The minimum Gasteiger partial charge on any atom is -0.379 e. The van der Waals surface area contributed by atoms with Crippen LogP contribution < -0.4 is 10.6 Å². The van der Waals surface area contributed by atoms with Gasteiger partial charge in [-0.2, -0.15) is 0 Å². The van der Waals surface area contributed by atoms with Crippen molar-refractivity contribution >= 4 is 28.2 Å². The van der Waals surface area contributed by atoms with Crippen LogP contribution in [0, 0.1) is 0 Å². The van der Waals surface area contributed by atoms with Crippen LogP contribution in [0.25, 0.3) is 10.9 Å². The molecule has 3 aromatic rings. The van der Waals surface area contributed by atoms with Crippen molar-refractivity contribution in [3.05, 3.63) is 64.5 Å². The highest BCUT2D eigenvalue weighted by Crippen LogP contribution is 2.25. The zero-order chi connectivity index (χ0) is 19.9. The van der Waals surface area contributed by atoms with Gasteiger partial charge in [0.05, 0.1) is 24.8 Å². The maximum absolute atomic E-state index is 5.54. The average molecular weight is 410 g/mol. The Hall–Kier alpha value is -2.48. The van der Waals surface area contributed by atoms with Crippen LogP contribution in [0.5, 0.6) is 0 Å². The fraction of sp³-hybridized carbons (Fsp3) is 0.364. The molecule has 0 bridgehead atoms. The van der Waals surface area contributed by atoms with Crippen molar-refractivity contribution in [1.29, 1.82) is 0 Å². The SMILES string of the molecule is CN=C(NCc1ccnc2ccccc12)NCC(c1cccs1)N1CCOCC1. The lowest BCUT2D eigenvalue weighted by molar-refractivity contribution is 0.0177. The molecular formula is C22H27N5OS. The van der Waals surface area contributed by atoms with Gasteiger partial charge in [-0.05, 0) is 29.1 Å². The Morgan fingerprint density at radius 2 is 2.03 bits per heavy atom. The summed E-state index contributed by atoms with van der Waals surface area (Å²) in [6, 6.07) is 14.9. The molecule has 0 amide bonds. The van der Waals surface area contributed by atoms with Crippen molar-refractivity contribution in [3.8, 4) is 0 Å². The van der Waals surface area contributed by atoms with Gasteiger partial charge in [0.15, 0.2) is 5.96 Å². The first kappa shape index (κ1) is 19.8. The molecule has 7 heteroatoms. The molecule has 4 rings (SSSR count). The smallest absolute Gasteiger partial charge is 0.191 e. The molecule has 6 nitrogen and oxygen atoms in total. The average Bonchev–Trinajstić information content (AvgIpc) is 3.31. The number of hydrogen-bond acceptors (Lipinski definition) is 5. The number of pyridine rings is 1. The maximum atomic E-state index is 5.54. The second kappa shape index (κ2) is 9.82. The molecule has 2 aromatic heterocycles. The zero-order valence-electron chi connectivity index (χ0n) is 16.7. The largest absolute Gasteiger partial charge is 0.379 e. The molecule has 152 valence electrons. The highest BCUT2D eigenvalue weighted by molar-refractivity contribution is 7.10. The normalized spacial score (nSPS) is 16.7. The summed E-state index contributed by atoms with van der Waals surface area (Å²) in [6.07, 6.45) is 1.86. The third-order valence-corrected chi connectivity index (χ3v) is 6.20. The number of hydrogen-bond donors (Lipinski definition) is 2. The number of nitrogens with zero attached hydrogens (tertiary/aromatic N) is 3. The zero-order valence-corrected chi connectivity index (χ0v) is 17.5. The van der Waals surface area contributed by atoms with Gasteiger partial charge in [0.1, 0.15) is 0 Å². The molecule has 1 atom stereocenters. The molecule has 0 radical (unpaired) electrons. The molecule has 0 aliphatic carbocycles. The van der Waals surface area contributed by atoms with Gasteiger partial charge < -0.3 is 15.4 Å². The monoisotopic (exact) mass is 409 g/mol. The summed E-state index contributed by atoms with van der Waals surface area (Å²) in [4.78, 5) is 12.7. The van der Waals surface area contributed by atoms with Crippen LogP contribution >= 0.6 is 11.3 Å². The number of aromatic nitrogens is 1. The second-order valence-corrected chi connectivity index (χ2v) is 7.95. The number of ether oxygens (including phenoxy) is 1. The molecule has 1 unspecified atom stereocenters. The van der Waals surface area contributed by atoms with Crippen LogP contribution in [-0.4, -0.2) is 55.7 Å². The molecule has 1 fully saturated rings. The molecule has 0 saturated carbocycles. The van der Waals surface area contributed by atoms with Gasteiger partial charge in [-0.15, -0.1) is 11.3 Å². The first-order chi connectivity index (χ1) is 14.3. The van der Waals surface area contributed by atoms with Crippen molar-refractivity contribution in [1.82, 2.24) is 20.5 Å². The summed E-state index contributed by atoms with van der Waals surface area (Å²) in [7, 11) is 1.81. The third-order valence-electron chi connectivity index (χ3n) is 5.23. The summed E-state index contributed by atoms with van der Waals surface area (Å²) < 4.78 is 5.54. The van der Waals surface area contributed by atoms with E-state index in [0.717, 1.165) is 44.3 Å². The molecule has 3 heterocycles. The number of aliphatic imine (C=N–C) groups is 1. The predicted octanol–water partition coefficient (Wildman–Crippen LogP) is 3.03. The van der Waals surface area contributed by atoms with Gasteiger partial charge in [-0.25, -0.2) is 0 Å².